The number of anilines is 1. The fraction of sp³-hybridized carbons (Fsp3) is 0.133. The quantitative estimate of drug-likeness (QED) is 0.866. The number of fused-ring (bicyclic) bond motifs is 1. The van der Waals surface area contributed by atoms with Crippen LogP contribution in [-0.4, -0.2) is 18.5 Å². The highest BCUT2D eigenvalue weighted by atomic mass is 35.5. The van der Waals surface area contributed by atoms with Gasteiger partial charge in [-0.3, -0.25) is 0 Å². The number of nitrogens with zero attached hydrogens (tertiary/aromatic N) is 2. The van der Waals surface area contributed by atoms with Gasteiger partial charge in [-0.2, -0.15) is 0 Å². The zero-order valence-corrected chi connectivity index (χ0v) is 11.2. The molecule has 0 saturated heterocycles. The van der Waals surface area contributed by atoms with Crippen LogP contribution < -0.4 is 4.90 Å². The van der Waals surface area contributed by atoms with Crippen LogP contribution in [-0.2, 0) is 5.72 Å². The summed E-state index contributed by atoms with van der Waals surface area (Å²) in [4.78, 5) is 6.16. The van der Waals surface area contributed by atoms with Crippen molar-refractivity contribution in [2.75, 3.05) is 11.9 Å². The van der Waals surface area contributed by atoms with Gasteiger partial charge in [0.25, 0.3) is 0 Å². The van der Waals surface area contributed by atoms with Gasteiger partial charge in [-0.25, -0.2) is 4.99 Å². The van der Waals surface area contributed by atoms with E-state index in [1.165, 1.54) is 0 Å². The van der Waals surface area contributed by atoms with Crippen LogP contribution in [0.4, 0.5) is 5.69 Å². The van der Waals surface area contributed by atoms with Gasteiger partial charge in [0.2, 0.25) is 5.72 Å². The molecule has 2 aromatic carbocycles. The first kappa shape index (κ1) is 12.2. The molecule has 0 spiro atoms. The largest absolute Gasteiger partial charge is 0.362 e. The lowest BCUT2D eigenvalue weighted by Crippen LogP contribution is -2.34. The first-order valence-corrected chi connectivity index (χ1v) is 6.35. The standard InChI is InChI=1S/C15H13ClN2O/c1-18-10-17-15(19,11-5-3-2-4-6-11)13-9-12(16)7-8-14(13)18/h2-10,19H,1H3. The van der Waals surface area contributed by atoms with Crippen molar-refractivity contribution in [3.8, 4) is 0 Å². The summed E-state index contributed by atoms with van der Waals surface area (Å²) in [5.74, 6) is 0. The number of hydrogen-bond donors (Lipinski definition) is 1. The van der Waals surface area contributed by atoms with Gasteiger partial charge >= 0.3 is 0 Å². The smallest absolute Gasteiger partial charge is 0.212 e. The summed E-state index contributed by atoms with van der Waals surface area (Å²) in [6.07, 6.45) is 1.63. The Hall–Kier alpha value is -1.84. The normalized spacial score (nSPS) is 21.3. The van der Waals surface area contributed by atoms with E-state index in [2.05, 4.69) is 4.99 Å². The number of aliphatic hydroxyl groups is 1. The van der Waals surface area contributed by atoms with Crippen LogP contribution in [0.2, 0.25) is 5.02 Å². The molecule has 0 aromatic heterocycles. The minimum Gasteiger partial charge on any atom is -0.362 e. The molecule has 1 heterocycles. The van der Waals surface area contributed by atoms with Gasteiger partial charge in [-0.1, -0.05) is 41.9 Å². The maximum atomic E-state index is 11.0. The van der Waals surface area contributed by atoms with Crippen LogP contribution in [0.1, 0.15) is 11.1 Å². The third-order valence-electron chi connectivity index (χ3n) is 3.31. The molecule has 19 heavy (non-hydrogen) atoms. The van der Waals surface area contributed by atoms with Crippen molar-refractivity contribution in [1.29, 1.82) is 0 Å². The average Bonchev–Trinajstić information content (AvgIpc) is 2.44. The van der Waals surface area contributed by atoms with Crippen molar-refractivity contribution in [2.24, 2.45) is 4.99 Å². The number of benzene rings is 2. The Bertz CT molecular complexity index is 642. The van der Waals surface area contributed by atoms with E-state index in [-0.39, 0.29) is 0 Å². The Kier molecular flexibility index (Phi) is 2.81. The first-order valence-electron chi connectivity index (χ1n) is 5.97. The van der Waals surface area contributed by atoms with Crippen molar-refractivity contribution in [2.45, 2.75) is 5.72 Å². The summed E-state index contributed by atoms with van der Waals surface area (Å²) in [6, 6.07) is 14.8. The number of aliphatic imine (C=N–C) groups is 1. The molecule has 0 amide bonds. The third-order valence-corrected chi connectivity index (χ3v) is 3.54. The molecule has 0 bridgehead atoms. The van der Waals surface area contributed by atoms with Crippen molar-refractivity contribution in [1.82, 2.24) is 0 Å². The van der Waals surface area contributed by atoms with Crippen molar-refractivity contribution >= 4 is 23.6 Å². The van der Waals surface area contributed by atoms with Gasteiger partial charge in [-0.05, 0) is 18.2 Å². The van der Waals surface area contributed by atoms with Crippen LogP contribution in [0.5, 0.6) is 0 Å². The fourth-order valence-electron chi connectivity index (χ4n) is 2.30. The fourth-order valence-corrected chi connectivity index (χ4v) is 2.47. The molecular weight excluding hydrogens is 260 g/mol. The van der Waals surface area contributed by atoms with Crippen LogP contribution in [0.25, 0.3) is 0 Å². The Morgan fingerprint density at radius 1 is 1.16 bits per heavy atom. The molecular formula is C15H13ClN2O. The molecule has 4 heteroatoms. The summed E-state index contributed by atoms with van der Waals surface area (Å²) < 4.78 is 0. The molecule has 1 N–H and O–H groups in total. The topological polar surface area (TPSA) is 35.8 Å². The molecule has 0 radical (unpaired) electrons. The average molecular weight is 273 g/mol. The molecule has 2 aromatic rings. The van der Waals surface area contributed by atoms with E-state index in [1.54, 1.807) is 12.4 Å². The molecule has 96 valence electrons. The van der Waals surface area contributed by atoms with Gasteiger partial charge in [0, 0.05) is 23.2 Å². The minimum atomic E-state index is -1.38. The number of halogens is 1. The maximum absolute atomic E-state index is 11.0. The highest BCUT2D eigenvalue weighted by molar-refractivity contribution is 6.30. The molecule has 1 unspecified atom stereocenters. The van der Waals surface area contributed by atoms with Gasteiger partial charge in [0.15, 0.2) is 0 Å². The lowest BCUT2D eigenvalue weighted by atomic mass is 9.92. The molecule has 3 rings (SSSR count). The Labute approximate surface area is 116 Å². The molecule has 1 aliphatic rings. The molecule has 1 aliphatic heterocycles. The first-order chi connectivity index (χ1) is 9.11. The molecule has 0 fully saturated rings. The highest BCUT2D eigenvalue weighted by Gasteiger charge is 2.36. The third kappa shape index (κ3) is 1.91. The van der Waals surface area contributed by atoms with Gasteiger partial charge in [-0.15, -0.1) is 0 Å². The lowest BCUT2D eigenvalue weighted by molar-refractivity contribution is 0.0908. The van der Waals surface area contributed by atoms with E-state index in [9.17, 15) is 5.11 Å². The Balaban J connectivity index is 2.24. The molecule has 0 saturated carbocycles. The van der Waals surface area contributed by atoms with E-state index in [0.717, 1.165) is 11.3 Å². The van der Waals surface area contributed by atoms with Gasteiger partial charge in [0.05, 0.1) is 12.0 Å². The molecule has 3 nitrogen and oxygen atoms in total. The zero-order valence-electron chi connectivity index (χ0n) is 10.4. The van der Waals surface area contributed by atoms with Crippen molar-refractivity contribution in [3.63, 3.8) is 0 Å². The molecule has 1 atom stereocenters. The predicted molar refractivity (Wildman–Crippen MR) is 77.8 cm³/mol. The van der Waals surface area contributed by atoms with E-state index < -0.39 is 5.72 Å². The summed E-state index contributed by atoms with van der Waals surface area (Å²) >= 11 is 6.06. The highest BCUT2D eigenvalue weighted by Crippen LogP contribution is 2.40. The van der Waals surface area contributed by atoms with E-state index >= 15 is 0 Å². The van der Waals surface area contributed by atoms with Crippen LogP contribution in [0.15, 0.2) is 53.5 Å². The second kappa shape index (κ2) is 4.37. The van der Waals surface area contributed by atoms with E-state index in [4.69, 9.17) is 11.6 Å². The maximum Gasteiger partial charge on any atom is 0.212 e. The van der Waals surface area contributed by atoms with Gasteiger partial charge < -0.3 is 10.0 Å². The Morgan fingerprint density at radius 2 is 1.89 bits per heavy atom. The minimum absolute atomic E-state index is 0.582. The SMILES string of the molecule is CN1C=NC(O)(c2ccccc2)c2cc(Cl)ccc21. The van der Waals surface area contributed by atoms with Crippen LogP contribution >= 0.6 is 11.6 Å². The summed E-state index contributed by atoms with van der Waals surface area (Å²) in [5.41, 5.74) is 0.929. The van der Waals surface area contributed by atoms with Crippen molar-refractivity contribution in [3.05, 3.63) is 64.7 Å². The number of hydrogen-bond acceptors (Lipinski definition) is 3. The monoisotopic (exact) mass is 272 g/mol. The Morgan fingerprint density at radius 3 is 2.63 bits per heavy atom. The zero-order chi connectivity index (χ0) is 13.5. The van der Waals surface area contributed by atoms with Gasteiger partial charge in [0.1, 0.15) is 0 Å². The lowest BCUT2D eigenvalue weighted by Gasteiger charge is -2.33. The van der Waals surface area contributed by atoms with E-state index in [0.29, 0.717) is 10.6 Å². The van der Waals surface area contributed by atoms with E-state index in [1.807, 2.05) is 54.4 Å². The van der Waals surface area contributed by atoms with Crippen LogP contribution in [0, 0.1) is 0 Å². The van der Waals surface area contributed by atoms with Crippen molar-refractivity contribution < 1.29 is 5.11 Å². The second-order valence-electron chi connectivity index (χ2n) is 4.56. The molecule has 0 aliphatic carbocycles. The second-order valence-corrected chi connectivity index (χ2v) is 4.99. The summed E-state index contributed by atoms with van der Waals surface area (Å²) in [5, 5.41) is 11.5. The van der Waals surface area contributed by atoms with Crippen LogP contribution in [0.3, 0.4) is 0 Å². The number of rotatable bonds is 1. The summed E-state index contributed by atoms with van der Waals surface area (Å²) in [7, 11) is 1.89. The predicted octanol–water partition coefficient (Wildman–Crippen LogP) is 3.01. The summed E-state index contributed by atoms with van der Waals surface area (Å²) in [6.45, 7) is 0.